The number of hydrogen-bond donors (Lipinski definition) is 2. The number of hydrogen-bond acceptors (Lipinski definition) is 5. The third-order valence-corrected chi connectivity index (χ3v) is 3.96. The molecule has 1 rings (SSSR count). The second-order valence-electron chi connectivity index (χ2n) is 4.49. The van der Waals surface area contributed by atoms with E-state index in [-0.39, 0.29) is 17.1 Å². The fraction of sp³-hybridized carbons (Fsp3) is 0.500. The van der Waals surface area contributed by atoms with E-state index in [1.165, 1.54) is 39.4 Å². The van der Waals surface area contributed by atoms with Crippen LogP contribution in [-0.2, 0) is 10.0 Å². The molecule has 0 aliphatic carbocycles. The van der Waals surface area contributed by atoms with Crippen molar-refractivity contribution in [3.05, 3.63) is 18.5 Å². The van der Waals surface area contributed by atoms with Gasteiger partial charge in [0.15, 0.2) is 0 Å². The largest absolute Gasteiger partial charge is 0.398 e. The minimum atomic E-state index is -3.72. The Kier molecular flexibility index (Phi) is 3.75. The number of anilines is 1. The Bertz CT molecular complexity index is 494. The van der Waals surface area contributed by atoms with E-state index in [1.54, 1.807) is 0 Å². The van der Waals surface area contributed by atoms with Crippen LogP contribution in [0.1, 0.15) is 13.8 Å². The molecule has 0 bridgehead atoms. The average molecular weight is 259 g/mol. The lowest BCUT2D eigenvalue weighted by atomic mass is 10.1. The maximum atomic E-state index is 12.1. The first kappa shape index (κ1) is 13.9. The summed E-state index contributed by atoms with van der Waals surface area (Å²) >= 11 is 0. The van der Waals surface area contributed by atoms with Crippen LogP contribution in [0.25, 0.3) is 0 Å². The topological polar surface area (TPSA) is 96.5 Å². The summed E-state index contributed by atoms with van der Waals surface area (Å²) < 4.78 is 25.3. The molecule has 0 aliphatic rings. The van der Waals surface area contributed by atoms with Gasteiger partial charge in [-0.2, -0.15) is 4.31 Å². The first-order chi connectivity index (χ1) is 7.64. The van der Waals surface area contributed by atoms with E-state index in [2.05, 4.69) is 4.98 Å². The highest BCUT2D eigenvalue weighted by Gasteiger charge is 2.27. The molecule has 0 fully saturated rings. The minimum absolute atomic E-state index is 0.0241. The molecular weight excluding hydrogens is 242 g/mol. The number of aromatic nitrogens is 1. The van der Waals surface area contributed by atoms with Crippen molar-refractivity contribution in [2.75, 3.05) is 19.3 Å². The molecule has 96 valence electrons. The zero-order valence-corrected chi connectivity index (χ0v) is 10.9. The van der Waals surface area contributed by atoms with Gasteiger partial charge in [-0.1, -0.05) is 0 Å². The lowest BCUT2D eigenvalue weighted by Gasteiger charge is -2.25. The monoisotopic (exact) mass is 259 g/mol. The fourth-order valence-corrected chi connectivity index (χ4v) is 2.79. The molecule has 0 aliphatic heterocycles. The van der Waals surface area contributed by atoms with E-state index in [0.29, 0.717) is 0 Å². The second-order valence-corrected chi connectivity index (χ2v) is 6.50. The van der Waals surface area contributed by atoms with E-state index in [9.17, 15) is 13.5 Å². The Morgan fingerprint density at radius 3 is 2.59 bits per heavy atom. The molecule has 6 nitrogen and oxygen atoms in total. The van der Waals surface area contributed by atoms with Crippen molar-refractivity contribution in [2.24, 2.45) is 0 Å². The van der Waals surface area contributed by atoms with Crippen molar-refractivity contribution >= 4 is 15.7 Å². The average Bonchev–Trinajstić information content (AvgIpc) is 2.15. The predicted octanol–water partition coefficient (Wildman–Crippen LogP) is 0.0552. The molecule has 17 heavy (non-hydrogen) atoms. The van der Waals surface area contributed by atoms with Gasteiger partial charge >= 0.3 is 0 Å². The summed E-state index contributed by atoms with van der Waals surface area (Å²) in [6.07, 6.45) is 2.62. The number of pyridine rings is 1. The number of nitrogen functional groups attached to an aromatic ring is 1. The third-order valence-electron chi connectivity index (χ3n) is 2.11. The number of likely N-dealkylation sites (N-methyl/N-ethyl adjacent to an activating group) is 1. The zero-order valence-electron chi connectivity index (χ0n) is 10.1. The van der Waals surface area contributed by atoms with E-state index in [4.69, 9.17) is 5.73 Å². The molecule has 0 spiro atoms. The summed E-state index contributed by atoms with van der Waals surface area (Å²) in [5.74, 6) is 0. The minimum Gasteiger partial charge on any atom is -0.398 e. The number of nitrogens with two attached hydrogens (primary N) is 1. The summed E-state index contributed by atoms with van der Waals surface area (Å²) in [6.45, 7) is 3.04. The summed E-state index contributed by atoms with van der Waals surface area (Å²) in [6, 6.07) is 1.42. The van der Waals surface area contributed by atoms with E-state index >= 15 is 0 Å². The normalized spacial score (nSPS) is 13.0. The molecule has 1 heterocycles. The van der Waals surface area contributed by atoms with E-state index in [1.807, 2.05) is 0 Å². The SMILES string of the molecule is CN(CC(C)(C)O)S(=O)(=O)c1cnccc1N. The van der Waals surface area contributed by atoms with Crippen LogP contribution in [0.2, 0.25) is 0 Å². The molecule has 7 heteroatoms. The van der Waals surface area contributed by atoms with Crippen molar-refractivity contribution in [2.45, 2.75) is 24.3 Å². The molecule has 0 aromatic carbocycles. The van der Waals surface area contributed by atoms with Crippen molar-refractivity contribution in [1.82, 2.24) is 9.29 Å². The smallest absolute Gasteiger partial charge is 0.246 e. The fourth-order valence-electron chi connectivity index (χ4n) is 1.40. The molecule has 1 aromatic heterocycles. The summed E-state index contributed by atoms with van der Waals surface area (Å²) in [4.78, 5) is 3.69. The van der Waals surface area contributed by atoms with Crippen LogP contribution in [0, 0.1) is 0 Å². The predicted molar refractivity (Wildman–Crippen MR) is 64.8 cm³/mol. The van der Waals surface area contributed by atoms with Crippen LogP contribution < -0.4 is 5.73 Å². The molecule has 1 aromatic rings. The number of sulfonamides is 1. The highest BCUT2D eigenvalue weighted by atomic mass is 32.2. The lowest BCUT2D eigenvalue weighted by molar-refractivity contribution is 0.0640. The quantitative estimate of drug-likeness (QED) is 0.796. The number of rotatable bonds is 4. The third kappa shape index (κ3) is 3.39. The Morgan fingerprint density at radius 2 is 2.12 bits per heavy atom. The Balaban J connectivity index is 3.09. The van der Waals surface area contributed by atoms with E-state index in [0.717, 1.165) is 4.31 Å². The Morgan fingerprint density at radius 1 is 1.53 bits per heavy atom. The van der Waals surface area contributed by atoms with Gasteiger partial charge in [0.2, 0.25) is 10.0 Å². The van der Waals surface area contributed by atoms with Crippen molar-refractivity contribution < 1.29 is 13.5 Å². The molecule has 0 atom stereocenters. The zero-order chi connectivity index (χ0) is 13.3. The van der Waals surface area contributed by atoms with Crippen molar-refractivity contribution in [1.29, 1.82) is 0 Å². The number of aliphatic hydroxyl groups is 1. The molecule has 0 saturated heterocycles. The van der Waals surface area contributed by atoms with Crippen LogP contribution in [-0.4, -0.2) is 42.0 Å². The van der Waals surface area contributed by atoms with Gasteiger partial charge in [-0.3, -0.25) is 4.98 Å². The molecular formula is C10H17N3O3S. The Labute approximate surface area is 101 Å². The maximum absolute atomic E-state index is 12.1. The summed E-state index contributed by atoms with van der Waals surface area (Å²) in [5.41, 5.74) is 4.63. The van der Waals surface area contributed by atoms with Crippen molar-refractivity contribution in [3.63, 3.8) is 0 Å². The summed E-state index contributed by atoms with van der Waals surface area (Å²) in [7, 11) is -2.33. The number of nitrogens with zero attached hydrogens (tertiary/aromatic N) is 2. The molecule has 0 amide bonds. The van der Waals surface area contributed by atoms with Gasteiger partial charge < -0.3 is 10.8 Å². The first-order valence-corrected chi connectivity index (χ1v) is 6.47. The molecule has 0 saturated carbocycles. The highest BCUT2D eigenvalue weighted by Crippen LogP contribution is 2.21. The van der Waals surface area contributed by atoms with Crippen LogP contribution in [0.3, 0.4) is 0 Å². The van der Waals surface area contributed by atoms with Gasteiger partial charge in [-0.25, -0.2) is 8.42 Å². The second kappa shape index (κ2) is 4.59. The molecule has 0 radical (unpaired) electrons. The van der Waals surface area contributed by atoms with Gasteiger partial charge in [0.05, 0.1) is 11.3 Å². The lowest BCUT2D eigenvalue weighted by Crippen LogP contribution is -2.39. The van der Waals surface area contributed by atoms with Gasteiger partial charge in [-0.15, -0.1) is 0 Å². The van der Waals surface area contributed by atoms with Crippen LogP contribution in [0.5, 0.6) is 0 Å². The first-order valence-electron chi connectivity index (χ1n) is 5.03. The van der Waals surface area contributed by atoms with Crippen LogP contribution >= 0.6 is 0 Å². The van der Waals surface area contributed by atoms with Gasteiger partial charge in [0, 0.05) is 26.0 Å². The highest BCUT2D eigenvalue weighted by molar-refractivity contribution is 7.89. The van der Waals surface area contributed by atoms with Gasteiger partial charge in [0.25, 0.3) is 0 Å². The standard InChI is InChI=1S/C10H17N3O3S/c1-10(2,14)7-13(3)17(15,16)9-6-12-5-4-8(9)11/h4-6,14H,7H2,1-3H3,(H2,11,12). The van der Waals surface area contributed by atoms with Crippen LogP contribution in [0.15, 0.2) is 23.4 Å². The van der Waals surface area contributed by atoms with Crippen LogP contribution in [0.4, 0.5) is 5.69 Å². The van der Waals surface area contributed by atoms with Crippen molar-refractivity contribution in [3.8, 4) is 0 Å². The summed E-state index contributed by atoms with van der Waals surface area (Å²) in [5, 5.41) is 9.61. The Hall–Kier alpha value is -1.18. The maximum Gasteiger partial charge on any atom is 0.246 e. The molecule has 3 N–H and O–H groups in total. The van der Waals surface area contributed by atoms with Gasteiger partial charge in [-0.05, 0) is 19.9 Å². The van der Waals surface area contributed by atoms with E-state index < -0.39 is 15.6 Å². The molecule has 0 unspecified atom stereocenters. The van der Waals surface area contributed by atoms with Gasteiger partial charge in [0.1, 0.15) is 4.90 Å².